The van der Waals surface area contributed by atoms with Crippen molar-refractivity contribution >= 4 is 5.69 Å². The molecule has 1 aromatic heterocycles. The van der Waals surface area contributed by atoms with Gasteiger partial charge in [0.15, 0.2) is 0 Å². The van der Waals surface area contributed by atoms with Gasteiger partial charge in [0.25, 0.3) is 5.56 Å². The summed E-state index contributed by atoms with van der Waals surface area (Å²) in [6.45, 7) is 0. The third kappa shape index (κ3) is 2.37. The van der Waals surface area contributed by atoms with E-state index in [9.17, 15) is 27.9 Å². The number of aromatic hydroxyl groups is 1. The summed E-state index contributed by atoms with van der Waals surface area (Å²) in [4.78, 5) is 23.8. The zero-order valence-corrected chi connectivity index (χ0v) is 10.7. The molecule has 2 aromatic rings. The fourth-order valence-electron chi connectivity index (χ4n) is 1.86. The van der Waals surface area contributed by atoms with Crippen LogP contribution in [0.25, 0.3) is 5.69 Å². The molecule has 0 radical (unpaired) electrons. The molecule has 0 bridgehead atoms. The summed E-state index contributed by atoms with van der Waals surface area (Å²) in [5.74, 6) is -0.388. The van der Waals surface area contributed by atoms with E-state index in [2.05, 4.69) is 0 Å². The smallest absolute Gasteiger partial charge is 0.431 e. The minimum atomic E-state index is -4.84. The number of anilines is 1. The van der Waals surface area contributed by atoms with Gasteiger partial charge < -0.3 is 10.8 Å². The Morgan fingerprint density at radius 3 is 2.43 bits per heavy atom. The number of phenols is 1. The summed E-state index contributed by atoms with van der Waals surface area (Å²) < 4.78 is 38.9. The first kappa shape index (κ1) is 14.7. The van der Waals surface area contributed by atoms with Crippen LogP contribution in [0.4, 0.5) is 18.9 Å². The minimum Gasteiger partial charge on any atom is -0.506 e. The van der Waals surface area contributed by atoms with Crippen LogP contribution in [-0.4, -0.2) is 14.2 Å². The van der Waals surface area contributed by atoms with E-state index in [-0.39, 0.29) is 17.1 Å². The molecule has 3 N–H and O–H groups in total. The number of phenolic OH excluding ortho intramolecular Hbond substituents is 1. The molecule has 0 spiro atoms. The van der Waals surface area contributed by atoms with Gasteiger partial charge in [0.1, 0.15) is 11.4 Å². The summed E-state index contributed by atoms with van der Waals surface area (Å²) >= 11 is 0. The SMILES string of the molecule is Cn1c(C(F)(F)F)cc(=O)n(-c2cccc(O)c2N)c1=O. The first-order chi connectivity index (χ1) is 9.64. The van der Waals surface area contributed by atoms with Gasteiger partial charge >= 0.3 is 11.9 Å². The lowest BCUT2D eigenvalue weighted by Gasteiger charge is -2.15. The lowest BCUT2D eigenvalue weighted by molar-refractivity contribution is -0.144. The maximum absolute atomic E-state index is 12.7. The molecule has 0 amide bonds. The molecule has 0 aliphatic rings. The topological polar surface area (TPSA) is 90.2 Å². The predicted molar refractivity (Wildman–Crippen MR) is 68.4 cm³/mol. The molecule has 1 heterocycles. The van der Waals surface area contributed by atoms with Gasteiger partial charge in [-0.2, -0.15) is 13.2 Å². The third-order valence-corrected chi connectivity index (χ3v) is 2.91. The number of para-hydroxylation sites is 1. The van der Waals surface area contributed by atoms with Crippen LogP contribution in [0.2, 0.25) is 0 Å². The molecule has 0 atom stereocenters. The largest absolute Gasteiger partial charge is 0.506 e. The number of hydrogen-bond donors (Lipinski definition) is 2. The average molecular weight is 301 g/mol. The number of hydrogen-bond acceptors (Lipinski definition) is 4. The monoisotopic (exact) mass is 301 g/mol. The lowest BCUT2D eigenvalue weighted by Crippen LogP contribution is -2.40. The maximum atomic E-state index is 12.7. The Hall–Kier alpha value is -2.71. The molecule has 9 heteroatoms. The number of nitrogens with zero attached hydrogens (tertiary/aromatic N) is 2. The van der Waals surface area contributed by atoms with Crippen molar-refractivity contribution in [1.82, 2.24) is 9.13 Å². The van der Waals surface area contributed by atoms with E-state index in [0.717, 1.165) is 7.05 Å². The van der Waals surface area contributed by atoms with Crippen LogP contribution >= 0.6 is 0 Å². The van der Waals surface area contributed by atoms with E-state index in [1.807, 2.05) is 0 Å². The van der Waals surface area contributed by atoms with Crippen LogP contribution in [-0.2, 0) is 13.2 Å². The van der Waals surface area contributed by atoms with E-state index in [0.29, 0.717) is 15.2 Å². The molecule has 2 rings (SSSR count). The van der Waals surface area contributed by atoms with Crippen molar-refractivity contribution in [3.8, 4) is 11.4 Å². The molecule has 0 aliphatic carbocycles. The lowest BCUT2D eigenvalue weighted by atomic mass is 10.2. The number of halogens is 3. The van der Waals surface area contributed by atoms with E-state index >= 15 is 0 Å². The van der Waals surface area contributed by atoms with Crippen LogP contribution in [0.5, 0.6) is 5.75 Å². The Labute approximate surface area is 115 Å². The van der Waals surface area contributed by atoms with Crippen LogP contribution in [0, 0.1) is 0 Å². The fraction of sp³-hybridized carbons (Fsp3) is 0.167. The van der Waals surface area contributed by atoms with E-state index < -0.39 is 23.1 Å². The number of benzene rings is 1. The van der Waals surface area contributed by atoms with Gasteiger partial charge in [0.2, 0.25) is 0 Å². The number of rotatable bonds is 1. The fourth-order valence-corrected chi connectivity index (χ4v) is 1.86. The molecule has 0 saturated carbocycles. The van der Waals surface area contributed by atoms with Gasteiger partial charge in [-0.25, -0.2) is 9.36 Å². The molecule has 0 aliphatic heterocycles. The zero-order chi connectivity index (χ0) is 15.9. The summed E-state index contributed by atoms with van der Waals surface area (Å²) in [5, 5.41) is 9.47. The molecule has 1 aromatic carbocycles. The van der Waals surface area contributed by atoms with Crippen molar-refractivity contribution in [1.29, 1.82) is 0 Å². The molecule has 0 saturated heterocycles. The number of alkyl halides is 3. The zero-order valence-electron chi connectivity index (χ0n) is 10.7. The van der Waals surface area contributed by atoms with Gasteiger partial charge in [-0.1, -0.05) is 6.07 Å². The minimum absolute atomic E-state index is 0.186. The molecule has 0 fully saturated rings. The Morgan fingerprint density at radius 1 is 1.24 bits per heavy atom. The van der Waals surface area contributed by atoms with Gasteiger partial charge in [-0.15, -0.1) is 0 Å². The second-order valence-corrected chi connectivity index (χ2v) is 4.25. The molecule has 21 heavy (non-hydrogen) atoms. The highest BCUT2D eigenvalue weighted by Gasteiger charge is 2.35. The first-order valence-corrected chi connectivity index (χ1v) is 5.62. The Bertz CT molecular complexity index is 821. The Kier molecular flexibility index (Phi) is 3.28. The van der Waals surface area contributed by atoms with Crippen molar-refractivity contribution in [3.05, 3.63) is 50.8 Å². The van der Waals surface area contributed by atoms with Crippen LogP contribution in [0.15, 0.2) is 33.9 Å². The van der Waals surface area contributed by atoms with E-state index in [1.165, 1.54) is 18.2 Å². The van der Waals surface area contributed by atoms with Crippen molar-refractivity contribution in [3.63, 3.8) is 0 Å². The van der Waals surface area contributed by atoms with Gasteiger partial charge in [0.05, 0.1) is 11.4 Å². The molecular weight excluding hydrogens is 291 g/mol. The van der Waals surface area contributed by atoms with Crippen LogP contribution < -0.4 is 17.0 Å². The van der Waals surface area contributed by atoms with Crippen molar-refractivity contribution in [2.75, 3.05) is 5.73 Å². The predicted octanol–water partition coefficient (Wildman–Crippen LogP) is 0.843. The van der Waals surface area contributed by atoms with Crippen molar-refractivity contribution in [2.45, 2.75) is 6.18 Å². The highest BCUT2D eigenvalue weighted by atomic mass is 19.4. The third-order valence-electron chi connectivity index (χ3n) is 2.91. The average Bonchev–Trinajstić information content (AvgIpc) is 2.37. The molecule has 112 valence electrons. The van der Waals surface area contributed by atoms with Gasteiger partial charge in [-0.3, -0.25) is 9.36 Å². The summed E-state index contributed by atoms with van der Waals surface area (Å²) in [5.41, 5.74) is 1.30. The highest BCUT2D eigenvalue weighted by Crippen LogP contribution is 2.28. The normalized spacial score (nSPS) is 11.6. The molecule has 0 unspecified atom stereocenters. The second-order valence-electron chi connectivity index (χ2n) is 4.25. The number of aromatic nitrogens is 2. The van der Waals surface area contributed by atoms with Crippen molar-refractivity contribution in [2.24, 2.45) is 7.05 Å². The summed E-state index contributed by atoms with van der Waals surface area (Å²) in [6.07, 6.45) is -4.84. The quantitative estimate of drug-likeness (QED) is 0.603. The Balaban J connectivity index is 2.85. The summed E-state index contributed by atoms with van der Waals surface area (Å²) in [7, 11) is 0.889. The summed E-state index contributed by atoms with van der Waals surface area (Å²) in [6, 6.07) is 4.07. The standard InChI is InChI=1S/C12H10F3N3O3/c1-17-8(12(13,14)15)5-9(20)18(11(17)21)6-3-2-4-7(19)10(6)16/h2-5,19H,16H2,1H3. The number of nitrogens with two attached hydrogens (primary N) is 1. The highest BCUT2D eigenvalue weighted by molar-refractivity contribution is 5.65. The number of nitrogen functional groups attached to an aromatic ring is 1. The van der Waals surface area contributed by atoms with Crippen LogP contribution in [0.3, 0.4) is 0 Å². The van der Waals surface area contributed by atoms with Crippen LogP contribution in [0.1, 0.15) is 5.69 Å². The molecular formula is C12H10F3N3O3. The van der Waals surface area contributed by atoms with E-state index in [4.69, 9.17) is 5.73 Å². The first-order valence-electron chi connectivity index (χ1n) is 5.62. The van der Waals surface area contributed by atoms with Crippen molar-refractivity contribution < 1.29 is 18.3 Å². The molecule has 6 nitrogen and oxygen atoms in total. The van der Waals surface area contributed by atoms with E-state index in [1.54, 1.807) is 0 Å². The maximum Gasteiger partial charge on any atom is 0.431 e. The Morgan fingerprint density at radius 2 is 1.86 bits per heavy atom. The van der Waals surface area contributed by atoms with Gasteiger partial charge in [0, 0.05) is 13.1 Å². The van der Waals surface area contributed by atoms with Gasteiger partial charge in [-0.05, 0) is 12.1 Å². The second kappa shape index (κ2) is 4.69.